The molecule has 0 unspecified atom stereocenters. The lowest BCUT2D eigenvalue weighted by molar-refractivity contribution is 0.236. The molecule has 0 amide bonds. The van der Waals surface area contributed by atoms with Crippen molar-refractivity contribution >= 4 is 15.2 Å². The number of aliphatic hydroxyl groups is 1. The summed E-state index contributed by atoms with van der Waals surface area (Å²) in [5.74, 6) is -1.07. The second-order valence-electron chi connectivity index (χ2n) is 2.74. The van der Waals surface area contributed by atoms with Crippen LogP contribution in [0.5, 0.6) is 0 Å². The highest BCUT2D eigenvalue weighted by molar-refractivity contribution is 7.52. The minimum atomic E-state index is -4.33. The van der Waals surface area contributed by atoms with E-state index in [1.807, 2.05) is 0 Å². The first-order chi connectivity index (χ1) is 5.64. The molecule has 7 nitrogen and oxygen atoms in total. The number of aliphatic hydroxyl groups excluding tert-OH is 1. The highest BCUT2D eigenvalue weighted by Crippen LogP contribution is 2.43. The maximum absolute atomic E-state index is 10.4. The van der Waals surface area contributed by atoms with E-state index in [2.05, 4.69) is 0 Å². The Balaban J connectivity index is 4.22. The van der Waals surface area contributed by atoms with Gasteiger partial charge in [-0.1, -0.05) is 0 Å². The second kappa shape index (κ2) is 4.66. The molecular weight excluding hydrogens is 222 g/mol. The third-order valence-electron chi connectivity index (χ3n) is 1.25. The summed E-state index contributed by atoms with van der Waals surface area (Å²) in [6.07, 6.45) is -1.43. The average molecular weight is 234 g/mol. The largest absolute Gasteiger partial charge is 0.396 e. The van der Waals surface area contributed by atoms with Crippen LogP contribution in [-0.4, -0.2) is 43.6 Å². The van der Waals surface area contributed by atoms with E-state index in [0.29, 0.717) is 0 Å². The van der Waals surface area contributed by atoms with Gasteiger partial charge in [0.1, 0.15) is 0 Å². The van der Waals surface area contributed by atoms with Gasteiger partial charge in [-0.3, -0.25) is 9.13 Å². The normalized spacial score (nSPS) is 13.7. The molecule has 0 aromatic rings. The van der Waals surface area contributed by atoms with E-state index in [1.165, 1.54) is 0 Å². The SMILES string of the molecule is O=P(O)(O)CC(CO)CP(=O)(O)O. The molecule has 80 valence electrons. The summed E-state index contributed by atoms with van der Waals surface area (Å²) in [6, 6.07) is 0. The van der Waals surface area contributed by atoms with Gasteiger partial charge in [0.15, 0.2) is 0 Å². The quantitative estimate of drug-likeness (QED) is 0.383. The molecule has 0 aromatic heterocycles. The van der Waals surface area contributed by atoms with Crippen molar-refractivity contribution in [2.75, 3.05) is 18.9 Å². The molecule has 13 heavy (non-hydrogen) atoms. The Hall–Kier alpha value is 0.260. The molecule has 0 heterocycles. The molecule has 5 N–H and O–H groups in total. The Morgan fingerprint density at radius 2 is 1.23 bits per heavy atom. The molecule has 0 bridgehead atoms. The van der Waals surface area contributed by atoms with Crippen molar-refractivity contribution in [2.45, 2.75) is 0 Å². The third kappa shape index (κ3) is 8.59. The first-order valence-corrected chi connectivity index (χ1v) is 6.93. The van der Waals surface area contributed by atoms with Gasteiger partial charge in [0.25, 0.3) is 0 Å². The van der Waals surface area contributed by atoms with Crippen molar-refractivity contribution in [3.8, 4) is 0 Å². The fourth-order valence-corrected chi connectivity index (χ4v) is 2.88. The first kappa shape index (κ1) is 13.3. The van der Waals surface area contributed by atoms with E-state index in [-0.39, 0.29) is 0 Å². The predicted octanol–water partition coefficient (Wildman–Crippen LogP) is -1.05. The molecule has 0 atom stereocenters. The summed E-state index contributed by atoms with van der Waals surface area (Å²) < 4.78 is 20.8. The van der Waals surface area contributed by atoms with E-state index in [0.717, 1.165) is 0 Å². The highest BCUT2D eigenvalue weighted by Gasteiger charge is 2.27. The van der Waals surface area contributed by atoms with E-state index in [4.69, 9.17) is 24.7 Å². The molecule has 0 aromatic carbocycles. The van der Waals surface area contributed by atoms with Crippen LogP contribution in [0.2, 0.25) is 0 Å². The van der Waals surface area contributed by atoms with Crippen molar-refractivity contribution in [3.63, 3.8) is 0 Å². The van der Waals surface area contributed by atoms with Crippen molar-refractivity contribution < 1.29 is 33.8 Å². The van der Waals surface area contributed by atoms with Crippen molar-refractivity contribution in [1.29, 1.82) is 0 Å². The Bertz CT molecular complexity index is 215. The Morgan fingerprint density at radius 1 is 0.923 bits per heavy atom. The second-order valence-corrected chi connectivity index (χ2v) is 6.13. The standard InChI is InChI=1S/C4H12O7P2/c5-1-4(2-12(6,7)8)3-13(9,10)11/h4-5H,1-3H2,(H2,6,7,8)(H2,9,10,11). The number of hydrogen-bond donors (Lipinski definition) is 5. The molecule has 9 heteroatoms. The van der Waals surface area contributed by atoms with Crippen LogP contribution < -0.4 is 0 Å². The van der Waals surface area contributed by atoms with Crippen LogP contribution in [0.15, 0.2) is 0 Å². The van der Waals surface area contributed by atoms with Gasteiger partial charge < -0.3 is 24.7 Å². The van der Waals surface area contributed by atoms with Crippen LogP contribution in [0.3, 0.4) is 0 Å². The highest BCUT2D eigenvalue weighted by atomic mass is 31.2. The van der Waals surface area contributed by atoms with E-state index in [1.54, 1.807) is 0 Å². The van der Waals surface area contributed by atoms with Gasteiger partial charge in [0, 0.05) is 12.5 Å². The van der Waals surface area contributed by atoms with Gasteiger partial charge >= 0.3 is 15.2 Å². The lowest BCUT2D eigenvalue weighted by Crippen LogP contribution is -2.16. The Kier molecular flexibility index (Phi) is 4.76. The zero-order chi connectivity index (χ0) is 10.7. The zero-order valence-electron chi connectivity index (χ0n) is 6.65. The van der Waals surface area contributed by atoms with E-state index in [9.17, 15) is 9.13 Å². The summed E-state index contributed by atoms with van der Waals surface area (Å²) in [4.78, 5) is 33.9. The van der Waals surface area contributed by atoms with Crippen LogP contribution >= 0.6 is 15.2 Å². The molecule has 0 aliphatic carbocycles. The first-order valence-electron chi connectivity index (χ1n) is 3.34. The smallest absolute Gasteiger partial charge is 0.325 e. The Labute approximate surface area is 74.7 Å². The van der Waals surface area contributed by atoms with Gasteiger partial charge in [-0.2, -0.15) is 0 Å². The van der Waals surface area contributed by atoms with E-state index >= 15 is 0 Å². The van der Waals surface area contributed by atoms with Crippen molar-refractivity contribution in [3.05, 3.63) is 0 Å². The zero-order valence-corrected chi connectivity index (χ0v) is 8.43. The number of hydrogen-bond acceptors (Lipinski definition) is 3. The number of rotatable bonds is 5. The fraction of sp³-hybridized carbons (Fsp3) is 1.00. The van der Waals surface area contributed by atoms with Crippen molar-refractivity contribution in [2.24, 2.45) is 5.92 Å². The van der Waals surface area contributed by atoms with Crippen LogP contribution in [0.1, 0.15) is 0 Å². The van der Waals surface area contributed by atoms with E-state index < -0.39 is 40.0 Å². The maximum atomic E-state index is 10.4. The third-order valence-corrected chi connectivity index (χ3v) is 3.23. The maximum Gasteiger partial charge on any atom is 0.325 e. The average Bonchev–Trinajstić information content (AvgIpc) is 1.79. The molecule has 0 aliphatic rings. The van der Waals surface area contributed by atoms with Crippen LogP contribution in [0, 0.1) is 5.92 Å². The molecule has 0 radical (unpaired) electrons. The lowest BCUT2D eigenvalue weighted by Gasteiger charge is -2.15. The molecular formula is C4H12O7P2. The van der Waals surface area contributed by atoms with Gasteiger partial charge in [-0.05, 0) is 0 Å². The summed E-state index contributed by atoms with van der Waals surface area (Å²) in [7, 11) is -8.66. The van der Waals surface area contributed by atoms with Gasteiger partial charge in [-0.15, -0.1) is 0 Å². The summed E-state index contributed by atoms with van der Waals surface area (Å²) in [5, 5.41) is 8.57. The van der Waals surface area contributed by atoms with Gasteiger partial charge in [0.05, 0.1) is 12.3 Å². The van der Waals surface area contributed by atoms with Crippen molar-refractivity contribution in [1.82, 2.24) is 0 Å². The predicted molar refractivity (Wildman–Crippen MR) is 44.4 cm³/mol. The monoisotopic (exact) mass is 234 g/mol. The lowest BCUT2D eigenvalue weighted by atomic mass is 10.2. The molecule has 0 fully saturated rings. The molecule has 0 saturated heterocycles. The van der Waals surface area contributed by atoms with Crippen LogP contribution in [0.4, 0.5) is 0 Å². The summed E-state index contributed by atoms with van der Waals surface area (Å²) in [6.45, 7) is -0.657. The van der Waals surface area contributed by atoms with Crippen LogP contribution in [0.25, 0.3) is 0 Å². The molecule has 0 saturated carbocycles. The van der Waals surface area contributed by atoms with Gasteiger partial charge in [0.2, 0.25) is 0 Å². The van der Waals surface area contributed by atoms with Crippen LogP contribution in [-0.2, 0) is 9.13 Å². The summed E-state index contributed by atoms with van der Waals surface area (Å²) >= 11 is 0. The fourth-order valence-electron chi connectivity index (χ4n) is 0.846. The minimum Gasteiger partial charge on any atom is -0.396 e. The molecule has 0 spiro atoms. The van der Waals surface area contributed by atoms with Gasteiger partial charge in [-0.25, -0.2) is 0 Å². The summed E-state index contributed by atoms with van der Waals surface area (Å²) in [5.41, 5.74) is 0. The minimum absolute atomic E-state index is 0.657. The Morgan fingerprint density at radius 3 is 1.38 bits per heavy atom. The molecule has 0 rings (SSSR count). The molecule has 0 aliphatic heterocycles. The topological polar surface area (TPSA) is 135 Å².